The maximum absolute atomic E-state index is 12.5. The summed E-state index contributed by atoms with van der Waals surface area (Å²) in [6.07, 6.45) is -0.863. The van der Waals surface area contributed by atoms with Crippen molar-refractivity contribution in [1.29, 1.82) is 0 Å². The lowest BCUT2D eigenvalue weighted by Crippen LogP contribution is -2.52. The molecule has 3 saturated heterocycles. The molecule has 3 rings (SSSR count). The molecular weight excluding hydrogens is 335 g/mol. The molecule has 3 fully saturated rings. The second kappa shape index (κ2) is 8.09. The van der Waals surface area contributed by atoms with Crippen LogP contribution in [0.5, 0.6) is 0 Å². The summed E-state index contributed by atoms with van der Waals surface area (Å²) in [6, 6.07) is 0.565. The van der Waals surface area contributed by atoms with Crippen LogP contribution in [0.1, 0.15) is 19.3 Å². The fourth-order valence-corrected chi connectivity index (χ4v) is 3.96. The lowest BCUT2D eigenvalue weighted by Gasteiger charge is -2.35. The fourth-order valence-electron chi connectivity index (χ4n) is 3.96. The van der Waals surface area contributed by atoms with Gasteiger partial charge in [-0.05, 0) is 25.8 Å². The number of ether oxygens (including phenoxy) is 1. The van der Waals surface area contributed by atoms with Crippen LogP contribution in [0.2, 0.25) is 0 Å². The van der Waals surface area contributed by atoms with E-state index in [1.54, 1.807) is 7.05 Å². The van der Waals surface area contributed by atoms with Gasteiger partial charge >= 0.3 is 6.18 Å². The molecular formula is C16H28F3N5O. The maximum Gasteiger partial charge on any atom is 0.401 e. The molecule has 0 spiro atoms. The Kier molecular flexibility index (Phi) is 6.06. The van der Waals surface area contributed by atoms with Gasteiger partial charge in [-0.2, -0.15) is 13.2 Å². The van der Waals surface area contributed by atoms with Gasteiger partial charge in [-0.25, -0.2) is 0 Å². The van der Waals surface area contributed by atoms with Gasteiger partial charge in [0.1, 0.15) is 0 Å². The Morgan fingerprint density at radius 1 is 1.24 bits per heavy atom. The van der Waals surface area contributed by atoms with E-state index in [0.717, 1.165) is 19.7 Å². The van der Waals surface area contributed by atoms with Crippen LogP contribution in [0.25, 0.3) is 0 Å². The summed E-state index contributed by atoms with van der Waals surface area (Å²) in [5.41, 5.74) is 0. The summed E-state index contributed by atoms with van der Waals surface area (Å²) >= 11 is 0. The molecule has 0 saturated carbocycles. The van der Waals surface area contributed by atoms with Gasteiger partial charge in [-0.1, -0.05) is 0 Å². The third-order valence-electron chi connectivity index (χ3n) is 5.20. The third kappa shape index (κ3) is 5.46. The molecule has 3 unspecified atom stereocenters. The molecule has 3 heterocycles. The molecule has 6 nitrogen and oxygen atoms in total. The van der Waals surface area contributed by atoms with E-state index in [1.807, 2.05) is 0 Å². The van der Waals surface area contributed by atoms with Crippen molar-refractivity contribution >= 4 is 5.96 Å². The highest BCUT2D eigenvalue weighted by atomic mass is 19.4. The van der Waals surface area contributed by atoms with E-state index in [2.05, 4.69) is 20.5 Å². The highest BCUT2D eigenvalue weighted by molar-refractivity contribution is 5.80. The van der Waals surface area contributed by atoms with Gasteiger partial charge in [-0.15, -0.1) is 0 Å². The van der Waals surface area contributed by atoms with E-state index in [1.165, 1.54) is 17.7 Å². The Bertz CT molecular complexity index is 473. The smallest absolute Gasteiger partial charge is 0.373 e. The monoisotopic (exact) mass is 363 g/mol. The van der Waals surface area contributed by atoms with E-state index in [9.17, 15) is 13.2 Å². The van der Waals surface area contributed by atoms with Crippen LogP contribution >= 0.6 is 0 Å². The minimum Gasteiger partial charge on any atom is -0.373 e. The second-order valence-electron chi connectivity index (χ2n) is 7.18. The fraction of sp³-hybridized carbons (Fsp3) is 0.938. The lowest BCUT2D eigenvalue weighted by atomic mass is 10.2. The van der Waals surface area contributed by atoms with Crippen LogP contribution in [-0.2, 0) is 4.74 Å². The first-order chi connectivity index (χ1) is 11.9. The number of guanidine groups is 1. The van der Waals surface area contributed by atoms with Crippen molar-refractivity contribution in [1.82, 2.24) is 20.4 Å². The molecule has 144 valence electrons. The van der Waals surface area contributed by atoms with Crippen molar-refractivity contribution in [3.8, 4) is 0 Å². The summed E-state index contributed by atoms with van der Waals surface area (Å²) in [6.45, 7) is 3.51. The van der Waals surface area contributed by atoms with E-state index >= 15 is 0 Å². The lowest BCUT2D eigenvalue weighted by molar-refractivity contribution is -0.143. The molecule has 25 heavy (non-hydrogen) atoms. The summed E-state index contributed by atoms with van der Waals surface area (Å²) in [4.78, 5) is 8.10. The summed E-state index contributed by atoms with van der Waals surface area (Å²) < 4.78 is 43.3. The molecule has 3 atom stereocenters. The zero-order valence-corrected chi connectivity index (χ0v) is 14.7. The van der Waals surface area contributed by atoms with E-state index in [4.69, 9.17) is 4.74 Å². The van der Waals surface area contributed by atoms with E-state index in [0.29, 0.717) is 38.1 Å². The molecule has 0 aromatic carbocycles. The first kappa shape index (κ1) is 18.7. The number of likely N-dealkylation sites (tertiary alicyclic amines) is 1. The topological polar surface area (TPSA) is 52.1 Å². The third-order valence-corrected chi connectivity index (χ3v) is 5.20. The quantitative estimate of drug-likeness (QED) is 0.568. The van der Waals surface area contributed by atoms with Crippen LogP contribution < -0.4 is 10.6 Å². The van der Waals surface area contributed by atoms with Crippen LogP contribution in [0.15, 0.2) is 4.99 Å². The van der Waals surface area contributed by atoms with Crippen molar-refractivity contribution in [2.24, 2.45) is 4.99 Å². The standard InChI is InChI=1S/C16H28F3N5O/c1-20-15(22-12-4-6-23(8-12)11-16(17,18)19)21-7-14-9-24-5-2-3-13(24)10-25-14/h12-14H,2-11H2,1H3,(H2,20,21,22). The highest BCUT2D eigenvalue weighted by Crippen LogP contribution is 2.22. The SMILES string of the molecule is CN=C(NCC1CN2CCCC2CO1)NC1CCN(CC(F)(F)F)C1. The van der Waals surface area contributed by atoms with Crippen LogP contribution in [0.3, 0.4) is 0 Å². The van der Waals surface area contributed by atoms with E-state index in [-0.39, 0.29) is 12.1 Å². The number of hydrogen-bond acceptors (Lipinski definition) is 4. The van der Waals surface area contributed by atoms with Crippen molar-refractivity contribution in [2.75, 3.05) is 52.9 Å². The normalized spacial score (nSPS) is 32.0. The number of aliphatic imine (C=N–C) groups is 1. The van der Waals surface area contributed by atoms with Gasteiger partial charge in [-0.3, -0.25) is 14.8 Å². The minimum absolute atomic E-state index is 0.0104. The van der Waals surface area contributed by atoms with Crippen LogP contribution in [0, 0.1) is 0 Å². The number of nitrogens with zero attached hydrogens (tertiary/aromatic N) is 3. The first-order valence-electron chi connectivity index (χ1n) is 9.05. The van der Waals surface area contributed by atoms with E-state index < -0.39 is 12.7 Å². The Balaban J connectivity index is 1.38. The zero-order chi connectivity index (χ0) is 17.9. The molecule has 0 aromatic heterocycles. The van der Waals surface area contributed by atoms with Crippen LogP contribution in [0.4, 0.5) is 13.2 Å². The van der Waals surface area contributed by atoms with Crippen molar-refractivity contribution in [3.63, 3.8) is 0 Å². The number of alkyl halides is 3. The average Bonchev–Trinajstić information content (AvgIpc) is 3.18. The number of halogens is 3. The Morgan fingerprint density at radius 2 is 2.08 bits per heavy atom. The zero-order valence-electron chi connectivity index (χ0n) is 14.7. The number of hydrogen-bond donors (Lipinski definition) is 2. The van der Waals surface area contributed by atoms with Gasteiger partial charge in [0, 0.05) is 45.3 Å². The van der Waals surface area contributed by atoms with Crippen LogP contribution in [-0.4, -0.2) is 93.0 Å². The van der Waals surface area contributed by atoms with Gasteiger partial charge in [0.15, 0.2) is 5.96 Å². The Labute approximate surface area is 146 Å². The van der Waals surface area contributed by atoms with Crippen molar-refractivity contribution in [2.45, 2.75) is 43.6 Å². The predicted octanol–water partition coefficient (Wildman–Crippen LogP) is 0.651. The predicted molar refractivity (Wildman–Crippen MR) is 89.7 cm³/mol. The summed E-state index contributed by atoms with van der Waals surface area (Å²) in [5.74, 6) is 0.631. The second-order valence-corrected chi connectivity index (χ2v) is 7.18. The van der Waals surface area contributed by atoms with Crippen molar-refractivity contribution in [3.05, 3.63) is 0 Å². The molecule has 9 heteroatoms. The molecule has 0 aliphatic carbocycles. The molecule has 0 bridgehead atoms. The number of nitrogens with one attached hydrogen (secondary N) is 2. The number of rotatable bonds is 4. The number of fused-ring (bicyclic) bond motifs is 1. The maximum atomic E-state index is 12.5. The van der Waals surface area contributed by atoms with Gasteiger partial charge in [0.25, 0.3) is 0 Å². The molecule has 3 aliphatic rings. The summed E-state index contributed by atoms with van der Waals surface area (Å²) in [5, 5.41) is 6.48. The first-order valence-corrected chi connectivity index (χ1v) is 9.05. The minimum atomic E-state index is -4.14. The molecule has 0 aromatic rings. The van der Waals surface area contributed by atoms with Crippen molar-refractivity contribution < 1.29 is 17.9 Å². The molecule has 0 amide bonds. The van der Waals surface area contributed by atoms with Gasteiger partial charge < -0.3 is 15.4 Å². The highest BCUT2D eigenvalue weighted by Gasteiger charge is 2.35. The largest absolute Gasteiger partial charge is 0.401 e. The number of morpholine rings is 1. The Morgan fingerprint density at radius 3 is 2.84 bits per heavy atom. The summed E-state index contributed by atoms with van der Waals surface area (Å²) in [7, 11) is 1.68. The molecule has 2 N–H and O–H groups in total. The Hall–Kier alpha value is -1.06. The average molecular weight is 363 g/mol. The van der Waals surface area contributed by atoms with Gasteiger partial charge in [0.05, 0.1) is 19.3 Å². The molecule has 3 aliphatic heterocycles. The molecule has 0 radical (unpaired) electrons. The van der Waals surface area contributed by atoms with Gasteiger partial charge in [0.2, 0.25) is 0 Å².